The summed E-state index contributed by atoms with van der Waals surface area (Å²) < 4.78 is 9.42. The van der Waals surface area contributed by atoms with Crippen molar-refractivity contribution in [3.05, 3.63) is 0 Å². The third-order valence-corrected chi connectivity index (χ3v) is 4.44. The van der Waals surface area contributed by atoms with Crippen molar-refractivity contribution < 1.29 is 28.5 Å². The highest BCUT2D eigenvalue weighted by molar-refractivity contribution is 8.00. The van der Waals surface area contributed by atoms with Crippen LogP contribution in [0.15, 0.2) is 0 Å². The minimum absolute atomic E-state index is 0.0988. The maximum absolute atomic E-state index is 11.0. The lowest BCUT2D eigenvalue weighted by Crippen LogP contribution is -2.44. The quantitative estimate of drug-likeness (QED) is 0.413. The van der Waals surface area contributed by atoms with Crippen molar-refractivity contribution in [3.8, 4) is 0 Å². The largest absolute Gasteiger partial charge is 0.480 e. The third kappa shape index (κ3) is 16.6. The van der Waals surface area contributed by atoms with Gasteiger partial charge in [-0.25, -0.2) is 9.59 Å². The Morgan fingerprint density at radius 2 is 1.19 bits per heavy atom. The Morgan fingerprint density at radius 3 is 1.33 bits per heavy atom. The summed E-state index contributed by atoms with van der Waals surface area (Å²) in [6.07, 6.45) is 0. The van der Waals surface area contributed by atoms with Gasteiger partial charge in [-0.15, -0.1) is 0 Å². The molecular formula is C14H35N3O6P4. The van der Waals surface area contributed by atoms with Crippen LogP contribution in [0.2, 0.25) is 0 Å². The fourth-order valence-corrected chi connectivity index (χ4v) is 1.95. The van der Waals surface area contributed by atoms with E-state index < -0.39 is 22.6 Å². The Labute approximate surface area is 170 Å². The molecule has 0 aromatic heterocycles. The van der Waals surface area contributed by atoms with E-state index in [1.807, 2.05) is 0 Å². The van der Waals surface area contributed by atoms with Gasteiger partial charge in [0, 0.05) is 0 Å². The van der Waals surface area contributed by atoms with Crippen molar-refractivity contribution in [1.82, 2.24) is 10.6 Å². The first kappa shape index (κ1) is 31.7. The molecule has 0 heterocycles. The van der Waals surface area contributed by atoms with Gasteiger partial charge in [0.1, 0.15) is 16.6 Å². The first-order valence-corrected chi connectivity index (χ1v) is 13.2. The van der Waals surface area contributed by atoms with E-state index in [1.54, 1.807) is 55.6 Å². The molecule has 0 bridgehead atoms. The van der Waals surface area contributed by atoms with Crippen LogP contribution >= 0.6 is 34.8 Å². The van der Waals surface area contributed by atoms with Crippen LogP contribution in [0, 0.1) is 0 Å². The van der Waals surface area contributed by atoms with Crippen molar-refractivity contribution in [1.29, 1.82) is 0 Å². The zero-order valence-electron chi connectivity index (χ0n) is 17.2. The fraction of sp³-hybridized carbons (Fsp3) is 0.786. The van der Waals surface area contributed by atoms with Gasteiger partial charge < -0.3 is 30.5 Å². The van der Waals surface area contributed by atoms with Gasteiger partial charge in [-0.3, -0.25) is 4.79 Å². The number of carboxylic acids is 1. The second-order valence-corrected chi connectivity index (χ2v) is 9.09. The number of hydrogen-bond donors (Lipinski definition) is 4. The molecule has 0 aliphatic carbocycles. The highest BCUT2D eigenvalue weighted by atomic mass is 32.0. The summed E-state index contributed by atoms with van der Waals surface area (Å²) in [7, 11) is 8.26. The normalized spacial score (nSPS) is 12.1. The molecule has 162 valence electrons. The molecule has 9 nitrogen and oxygen atoms in total. The Hall–Kier alpha value is 0.01000. The topological polar surface area (TPSA) is 140 Å². The van der Waals surface area contributed by atoms with E-state index in [0.29, 0.717) is 0 Å². The molecule has 0 radical (unpaired) electrons. The number of carboxylic acid groups (broad SMARTS) is 1. The molecule has 0 fully saturated rings. The van der Waals surface area contributed by atoms with E-state index in [-0.39, 0.29) is 28.9 Å². The number of likely N-dealkylation sites (N-methyl/N-ethyl adjacent to an activating group) is 2. The van der Waals surface area contributed by atoms with Crippen LogP contribution in [0.1, 0.15) is 41.5 Å². The molecule has 0 spiro atoms. The molecule has 0 saturated carbocycles. The fourth-order valence-electron chi connectivity index (χ4n) is 0.575. The molecule has 0 saturated heterocycles. The molecule has 0 aliphatic rings. The lowest BCUT2D eigenvalue weighted by atomic mass is 10.1. The minimum Gasteiger partial charge on any atom is -0.480 e. The van der Waals surface area contributed by atoms with Gasteiger partial charge in [-0.2, -0.15) is 0 Å². The molecular weight excluding hydrogens is 430 g/mol. The summed E-state index contributed by atoms with van der Waals surface area (Å²) in [5.41, 5.74) is 3.17. The van der Waals surface area contributed by atoms with Crippen LogP contribution in [-0.2, 0) is 23.4 Å². The van der Waals surface area contributed by atoms with Gasteiger partial charge in [-0.05, 0) is 55.6 Å². The van der Waals surface area contributed by atoms with Crippen molar-refractivity contribution in [2.45, 2.75) is 58.2 Å². The highest BCUT2D eigenvalue weighted by Crippen LogP contribution is 2.24. The molecule has 0 aromatic carbocycles. The summed E-state index contributed by atoms with van der Waals surface area (Å²) >= 11 is 0. The predicted octanol–water partition coefficient (Wildman–Crippen LogP) is 1.63. The van der Waals surface area contributed by atoms with E-state index in [4.69, 9.17) is 15.4 Å². The number of nitrogens with two attached hydrogens (primary N) is 1. The number of carbonyl (C=O) groups excluding carboxylic acids is 2. The van der Waals surface area contributed by atoms with Crippen LogP contribution in [0.5, 0.6) is 0 Å². The summed E-state index contributed by atoms with van der Waals surface area (Å²) in [6.45, 7) is 9.99. The Balaban J connectivity index is -0.000000322. The molecule has 13 heteroatoms. The van der Waals surface area contributed by atoms with Crippen molar-refractivity contribution in [2.75, 3.05) is 14.1 Å². The van der Waals surface area contributed by atoms with Gasteiger partial charge >= 0.3 is 17.9 Å². The Bertz CT molecular complexity index is 470. The van der Waals surface area contributed by atoms with Gasteiger partial charge in [-0.1, -0.05) is 17.9 Å². The zero-order valence-corrected chi connectivity index (χ0v) is 21.5. The van der Waals surface area contributed by atoms with E-state index in [0.717, 1.165) is 0 Å². The average Bonchev–Trinajstić information content (AvgIpc) is 2.55. The van der Waals surface area contributed by atoms with Gasteiger partial charge in [0.2, 0.25) is 0 Å². The first-order chi connectivity index (χ1) is 12.0. The Morgan fingerprint density at radius 1 is 0.852 bits per heavy atom. The molecule has 0 rings (SSSR count). The van der Waals surface area contributed by atoms with Crippen molar-refractivity contribution in [3.63, 3.8) is 0 Å². The highest BCUT2D eigenvalue weighted by Gasteiger charge is 2.26. The predicted molar refractivity (Wildman–Crippen MR) is 120 cm³/mol. The van der Waals surface area contributed by atoms with E-state index in [9.17, 15) is 14.4 Å². The lowest BCUT2D eigenvalue weighted by molar-refractivity contribution is -0.143. The van der Waals surface area contributed by atoms with Crippen molar-refractivity contribution >= 4 is 52.8 Å². The van der Waals surface area contributed by atoms with Crippen LogP contribution in [0.3, 0.4) is 0 Å². The molecule has 0 amide bonds. The number of carbonyl (C=O) groups is 3. The second-order valence-electron chi connectivity index (χ2n) is 6.79. The minimum atomic E-state index is -0.858. The zero-order chi connectivity index (χ0) is 22.5. The van der Waals surface area contributed by atoms with Crippen molar-refractivity contribution in [2.24, 2.45) is 5.73 Å². The molecule has 27 heavy (non-hydrogen) atoms. The van der Waals surface area contributed by atoms with E-state index >= 15 is 0 Å². The summed E-state index contributed by atoms with van der Waals surface area (Å²) in [5.74, 6) is -1.42. The summed E-state index contributed by atoms with van der Waals surface area (Å²) in [5, 5.41) is 13.9. The van der Waals surface area contributed by atoms with Crippen LogP contribution < -0.4 is 16.4 Å². The maximum atomic E-state index is 11.0. The number of hydrogen-bond acceptors (Lipinski definition) is 8. The van der Waals surface area contributed by atoms with Crippen LogP contribution in [-0.4, -0.2) is 53.7 Å². The standard InChI is InChI=1S/C5H13NO2P2.C5H11NO2.C4H11NO2P2/c1-5(2,6-3)4(7)8-10-9;1-5(2,6-3)4(7)8;1-4(2,5)3(6)7-9-8/h6,10H,9H2,1-3H3;6H,1-3H3,(H,7,8);9H,5,8H2,1-2H3. The van der Waals surface area contributed by atoms with Crippen LogP contribution in [0.25, 0.3) is 0 Å². The summed E-state index contributed by atoms with van der Waals surface area (Å²) in [6, 6.07) is 0. The SMILES string of the molecule is CC(C)(N)C(=O)OPP.CNC(C)(C)C(=O)O.CNC(C)(C)C(=O)OPP. The van der Waals surface area contributed by atoms with Gasteiger partial charge in [0.25, 0.3) is 0 Å². The molecule has 0 aromatic rings. The molecule has 4 atom stereocenters. The molecule has 0 aliphatic heterocycles. The number of rotatable bonds is 7. The van der Waals surface area contributed by atoms with E-state index in [2.05, 4.69) is 33.0 Å². The monoisotopic (exact) mass is 465 g/mol. The average molecular weight is 465 g/mol. The summed E-state index contributed by atoms with van der Waals surface area (Å²) in [4.78, 5) is 31.9. The van der Waals surface area contributed by atoms with Gasteiger partial charge in [0.05, 0.1) is 17.0 Å². The Kier molecular flexibility index (Phi) is 17.5. The first-order valence-electron chi connectivity index (χ1n) is 7.77. The number of nitrogens with one attached hydrogen (secondary N) is 2. The molecule has 5 N–H and O–H groups in total. The van der Waals surface area contributed by atoms with Crippen LogP contribution in [0.4, 0.5) is 0 Å². The third-order valence-electron chi connectivity index (χ3n) is 3.12. The molecule has 4 unspecified atom stereocenters. The maximum Gasteiger partial charge on any atom is 0.328 e. The smallest absolute Gasteiger partial charge is 0.328 e. The number of aliphatic carboxylic acids is 1. The van der Waals surface area contributed by atoms with E-state index in [1.165, 1.54) is 0 Å². The second kappa shape index (κ2) is 14.9. The lowest BCUT2D eigenvalue weighted by Gasteiger charge is -2.20. The van der Waals surface area contributed by atoms with Gasteiger partial charge in [0.15, 0.2) is 0 Å².